The van der Waals surface area contributed by atoms with E-state index in [9.17, 15) is 9.59 Å². The van der Waals surface area contributed by atoms with Gasteiger partial charge in [0, 0.05) is 26.2 Å². The molecule has 0 bridgehead atoms. The van der Waals surface area contributed by atoms with Crippen molar-refractivity contribution in [3.05, 3.63) is 82.7 Å². The van der Waals surface area contributed by atoms with E-state index in [4.69, 9.17) is 4.74 Å². The number of benzene rings is 2. The Morgan fingerprint density at radius 2 is 1.62 bits per heavy atom. The first kappa shape index (κ1) is 21.9. The highest BCUT2D eigenvalue weighted by Gasteiger charge is 2.24. The van der Waals surface area contributed by atoms with Crippen LogP contribution in [0, 0.1) is 13.8 Å². The van der Waals surface area contributed by atoms with Crippen LogP contribution >= 0.6 is 0 Å². The molecule has 0 aliphatic carbocycles. The lowest BCUT2D eigenvalue weighted by Gasteiger charge is -2.26. The van der Waals surface area contributed by atoms with Gasteiger partial charge >= 0.3 is 0 Å². The van der Waals surface area contributed by atoms with Crippen LogP contribution in [-0.4, -0.2) is 52.7 Å². The van der Waals surface area contributed by atoms with Crippen LogP contribution in [0.2, 0.25) is 0 Å². The van der Waals surface area contributed by atoms with E-state index in [1.165, 1.54) is 5.56 Å². The zero-order valence-electron chi connectivity index (χ0n) is 18.5. The second kappa shape index (κ2) is 9.89. The Kier molecular flexibility index (Phi) is 6.78. The van der Waals surface area contributed by atoms with Crippen molar-refractivity contribution in [1.82, 2.24) is 20.0 Å². The molecule has 0 unspecified atom stereocenters. The van der Waals surface area contributed by atoms with E-state index in [1.54, 1.807) is 18.5 Å². The molecule has 1 amide bonds. The molecular weight excluding hydrogens is 404 g/mol. The lowest BCUT2D eigenvalue weighted by molar-refractivity contribution is -0.117. The summed E-state index contributed by atoms with van der Waals surface area (Å²) >= 11 is 0. The molecule has 1 fully saturated rings. The minimum absolute atomic E-state index is 0.299. The number of aromatic nitrogens is 2. The monoisotopic (exact) mass is 432 g/mol. The zero-order valence-corrected chi connectivity index (χ0v) is 18.5. The molecule has 1 N–H and O–H groups in total. The number of morpholine rings is 1. The minimum atomic E-state index is -0.624. The molecular formula is C25H28N4O3. The third kappa shape index (κ3) is 4.95. The maximum absolute atomic E-state index is 12.8. The van der Waals surface area contributed by atoms with Crippen molar-refractivity contribution in [2.45, 2.75) is 26.9 Å². The van der Waals surface area contributed by atoms with Crippen molar-refractivity contribution in [3.63, 3.8) is 0 Å². The van der Waals surface area contributed by atoms with Crippen LogP contribution in [-0.2, 0) is 22.6 Å². The number of nitrogens with one attached hydrogen (secondary N) is 1. The number of para-hydroxylation sites is 1. The van der Waals surface area contributed by atoms with Gasteiger partial charge in [-0.25, -0.2) is 4.68 Å². The highest BCUT2D eigenvalue weighted by Crippen LogP contribution is 2.18. The Hall–Kier alpha value is -3.29. The van der Waals surface area contributed by atoms with Gasteiger partial charge in [-0.3, -0.25) is 14.5 Å². The number of carbonyl (C=O) groups is 2. The molecule has 7 nitrogen and oxygen atoms in total. The van der Waals surface area contributed by atoms with Crippen LogP contribution in [0.3, 0.4) is 0 Å². The van der Waals surface area contributed by atoms with Gasteiger partial charge in [0.05, 0.1) is 35.9 Å². The number of carbonyl (C=O) groups excluding carboxylic acids is 2. The van der Waals surface area contributed by atoms with Gasteiger partial charge in [-0.2, -0.15) is 5.10 Å². The van der Waals surface area contributed by atoms with Crippen LogP contribution in [0.25, 0.3) is 5.69 Å². The molecule has 0 spiro atoms. The molecule has 7 heteroatoms. The summed E-state index contributed by atoms with van der Waals surface area (Å²) in [6.07, 6.45) is 0. The molecule has 1 aliphatic rings. The maximum atomic E-state index is 12.8. The number of Topliss-reactive ketones (excluding diaryl/α,β-unsaturated/α-hetero) is 1. The molecule has 1 aromatic heterocycles. The molecule has 1 aliphatic heterocycles. The average Bonchev–Trinajstić information content (AvgIpc) is 3.13. The van der Waals surface area contributed by atoms with Crippen molar-refractivity contribution in [1.29, 1.82) is 0 Å². The highest BCUT2D eigenvalue weighted by molar-refractivity contribution is 6.43. The molecule has 0 atom stereocenters. The van der Waals surface area contributed by atoms with Crippen molar-refractivity contribution in [2.24, 2.45) is 0 Å². The smallest absolute Gasteiger partial charge is 0.292 e. The molecule has 0 saturated carbocycles. The third-order valence-electron chi connectivity index (χ3n) is 5.71. The topological polar surface area (TPSA) is 76.5 Å². The lowest BCUT2D eigenvalue weighted by Crippen LogP contribution is -2.35. The number of aryl methyl sites for hydroxylation is 1. The van der Waals surface area contributed by atoms with Gasteiger partial charge in [-0.1, -0.05) is 42.5 Å². The standard InChI is InChI=1S/C25H28N4O3/c1-18-23(19(2)29(27-18)22-6-4-3-5-7-22)24(30)25(31)26-16-20-8-10-21(11-9-20)17-28-12-14-32-15-13-28/h3-11H,12-17H2,1-2H3,(H,26,31). The molecule has 0 radical (unpaired) electrons. The summed E-state index contributed by atoms with van der Waals surface area (Å²) in [5.41, 5.74) is 4.57. The molecule has 1 saturated heterocycles. The summed E-state index contributed by atoms with van der Waals surface area (Å²) in [6, 6.07) is 17.7. The van der Waals surface area contributed by atoms with Crippen molar-refractivity contribution in [2.75, 3.05) is 26.3 Å². The van der Waals surface area contributed by atoms with Gasteiger partial charge in [-0.15, -0.1) is 0 Å². The quantitative estimate of drug-likeness (QED) is 0.459. The SMILES string of the molecule is Cc1nn(-c2ccccc2)c(C)c1C(=O)C(=O)NCc1ccc(CN2CCOCC2)cc1. The summed E-state index contributed by atoms with van der Waals surface area (Å²) < 4.78 is 7.08. The molecule has 166 valence electrons. The maximum Gasteiger partial charge on any atom is 0.292 e. The summed E-state index contributed by atoms with van der Waals surface area (Å²) in [6.45, 7) is 8.19. The molecule has 3 aromatic rings. The number of nitrogens with zero attached hydrogens (tertiary/aromatic N) is 3. The van der Waals surface area contributed by atoms with Crippen LogP contribution in [0.1, 0.15) is 32.9 Å². The first-order chi connectivity index (χ1) is 15.5. The second-order valence-electron chi connectivity index (χ2n) is 8.01. The fourth-order valence-corrected chi connectivity index (χ4v) is 3.95. The van der Waals surface area contributed by atoms with Gasteiger partial charge < -0.3 is 10.1 Å². The van der Waals surface area contributed by atoms with Crippen molar-refractivity contribution < 1.29 is 14.3 Å². The largest absolute Gasteiger partial charge is 0.379 e. The van der Waals surface area contributed by atoms with Gasteiger partial charge in [0.25, 0.3) is 11.7 Å². The number of amides is 1. The van der Waals surface area contributed by atoms with E-state index >= 15 is 0 Å². The van der Waals surface area contributed by atoms with Gasteiger partial charge in [0.1, 0.15) is 0 Å². The zero-order chi connectivity index (χ0) is 22.5. The Morgan fingerprint density at radius 1 is 0.969 bits per heavy atom. The predicted octanol–water partition coefficient (Wildman–Crippen LogP) is 2.82. The number of ether oxygens (including phenoxy) is 1. The average molecular weight is 433 g/mol. The number of hydrogen-bond donors (Lipinski definition) is 1. The molecule has 4 rings (SSSR count). The lowest BCUT2D eigenvalue weighted by atomic mass is 10.1. The Labute approximate surface area is 188 Å². The Balaban J connectivity index is 1.37. The van der Waals surface area contributed by atoms with Crippen LogP contribution < -0.4 is 5.32 Å². The van der Waals surface area contributed by atoms with E-state index in [0.717, 1.165) is 44.1 Å². The number of hydrogen-bond acceptors (Lipinski definition) is 5. The second-order valence-corrected chi connectivity index (χ2v) is 8.01. The number of rotatable bonds is 7. The van der Waals surface area contributed by atoms with Crippen molar-refractivity contribution in [3.8, 4) is 5.69 Å². The third-order valence-corrected chi connectivity index (χ3v) is 5.71. The number of ketones is 1. The normalized spacial score (nSPS) is 14.3. The Bertz CT molecular complexity index is 1080. The summed E-state index contributed by atoms with van der Waals surface area (Å²) in [5, 5.41) is 7.21. The Morgan fingerprint density at radius 3 is 2.31 bits per heavy atom. The van der Waals surface area contributed by atoms with E-state index < -0.39 is 11.7 Å². The fourth-order valence-electron chi connectivity index (χ4n) is 3.95. The minimum Gasteiger partial charge on any atom is -0.379 e. The van der Waals surface area contributed by atoms with E-state index in [0.29, 0.717) is 23.5 Å². The summed E-state index contributed by atoms with van der Waals surface area (Å²) in [7, 11) is 0. The molecule has 32 heavy (non-hydrogen) atoms. The molecule has 2 heterocycles. The van der Waals surface area contributed by atoms with Gasteiger partial charge in [0.2, 0.25) is 0 Å². The van der Waals surface area contributed by atoms with Gasteiger partial charge in [-0.05, 0) is 37.1 Å². The van der Waals surface area contributed by atoms with E-state index in [-0.39, 0.29) is 0 Å². The molecule has 2 aromatic carbocycles. The van der Waals surface area contributed by atoms with Crippen LogP contribution in [0.4, 0.5) is 0 Å². The summed E-state index contributed by atoms with van der Waals surface area (Å²) in [5.74, 6) is -1.19. The van der Waals surface area contributed by atoms with Crippen LogP contribution in [0.15, 0.2) is 54.6 Å². The first-order valence-corrected chi connectivity index (χ1v) is 10.8. The summed E-state index contributed by atoms with van der Waals surface area (Å²) in [4.78, 5) is 27.8. The first-order valence-electron chi connectivity index (χ1n) is 10.8. The fraction of sp³-hybridized carbons (Fsp3) is 0.320. The van der Waals surface area contributed by atoms with E-state index in [1.807, 2.05) is 42.5 Å². The predicted molar refractivity (Wildman–Crippen MR) is 122 cm³/mol. The highest BCUT2D eigenvalue weighted by atomic mass is 16.5. The van der Waals surface area contributed by atoms with E-state index in [2.05, 4.69) is 27.4 Å². The van der Waals surface area contributed by atoms with Crippen LogP contribution in [0.5, 0.6) is 0 Å². The van der Waals surface area contributed by atoms with Gasteiger partial charge in [0.15, 0.2) is 0 Å². The van der Waals surface area contributed by atoms with Crippen molar-refractivity contribution >= 4 is 11.7 Å².